The Morgan fingerprint density at radius 3 is 1.89 bits per heavy atom. The van der Waals surface area contributed by atoms with Crippen molar-refractivity contribution in [1.82, 2.24) is 0 Å². The van der Waals surface area contributed by atoms with Crippen LogP contribution in [0.25, 0.3) is 24.3 Å². The molecule has 0 aliphatic rings. The Morgan fingerprint density at radius 1 is 0.694 bits per heavy atom. The molecule has 0 amide bonds. The molecule has 3 rings (SSSR count). The Hall–Kier alpha value is -4.58. The number of esters is 2. The van der Waals surface area contributed by atoms with Crippen LogP contribution >= 0.6 is 0 Å². The third kappa shape index (κ3) is 6.73. The molecule has 0 unspecified atom stereocenters. The minimum Gasteiger partial charge on any atom is -0.423 e. The lowest BCUT2D eigenvalue weighted by atomic mass is 10.1. The van der Waals surface area contributed by atoms with E-state index in [0.29, 0.717) is 16.9 Å². The second kappa shape index (κ2) is 11.7. The summed E-state index contributed by atoms with van der Waals surface area (Å²) >= 11 is 0. The first-order chi connectivity index (χ1) is 17.2. The minimum atomic E-state index is -1.02. The lowest BCUT2D eigenvalue weighted by molar-refractivity contribution is -0.130. The molecule has 36 heavy (non-hydrogen) atoms. The molecule has 0 fully saturated rings. The highest BCUT2D eigenvalue weighted by atomic mass is 19.2. The summed E-state index contributed by atoms with van der Waals surface area (Å²) in [4.78, 5) is 23.5. The molecular formula is C30H24F2O4. The maximum absolute atomic E-state index is 14.8. The Balaban J connectivity index is 1.80. The van der Waals surface area contributed by atoms with Crippen LogP contribution in [-0.2, 0) is 9.59 Å². The number of ether oxygens (including phenoxy) is 2. The fraction of sp³-hybridized carbons (Fsp3) is 0.0667. The number of rotatable bonds is 8. The zero-order valence-electron chi connectivity index (χ0n) is 19.9. The molecule has 3 aromatic carbocycles. The monoisotopic (exact) mass is 486 g/mol. The van der Waals surface area contributed by atoms with Crippen LogP contribution in [0.2, 0.25) is 0 Å². The van der Waals surface area contributed by atoms with Gasteiger partial charge in [-0.15, -0.1) is 0 Å². The van der Waals surface area contributed by atoms with Gasteiger partial charge in [0, 0.05) is 27.8 Å². The average Bonchev–Trinajstić information content (AvgIpc) is 2.85. The zero-order chi connectivity index (χ0) is 26.2. The molecule has 0 aromatic heterocycles. The highest BCUT2D eigenvalue weighted by Gasteiger charge is 2.12. The van der Waals surface area contributed by atoms with E-state index in [1.807, 2.05) is 0 Å². The summed E-state index contributed by atoms with van der Waals surface area (Å²) in [5.41, 5.74) is 1.73. The van der Waals surface area contributed by atoms with Crippen molar-refractivity contribution in [3.05, 3.63) is 119 Å². The molecule has 0 aliphatic heterocycles. The van der Waals surface area contributed by atoms with Crippen LogP contribution in [0.4, 0.5) is 8.78 Å². The molecule has 4 nitrogen and oxygen atoms in total. The molecule has 0 N–H and O–H groups in total. The number of carbonyl (C=O) groups excluding carboxylic acids is 2. The lowest BCUT2D eigenvalue weighted by Gasteiger charge is -2.07. The van der Waals surface area contributed by atoms with E-state index in [9.17, 15) is 18.4 Å². The van der Waals surface area contributed by atoms with Crippen molar-refractivity contribution in [3.63, 3.8) is 0 Å². The van der Waals surface area contributed by atoms with Crippen LogP contribution in [0.3, 0.4) is 0 Å². The number of hydrogen-bond donors (Lipinski definition) is 0. The summed E-state index contributed by atoms with van der Waals surface area (Å²) in [6.07, 6.45) is 5.94. The minimum absolute atomic E-state index is 0.0272. The van der Waals surface area contributed by atoms with Crippen molar-refractivity contribution in [2.24, 2.45) is 0 Å². The highest BCUT2D eigenvalue weighted by Crippen LogP contribution is 2.25. The number of hydrogen-bond acceptors (Lipinski definition) is 4. The topological polar surface area (TPSA) is 52.6 Å². The van der Waals surface area contributed by atoms with Gasteiger partial charge >= 0.3 is 11.9 Å². The van der Waals surface area contributed by atoms with Crippen molar-refractivity contribution < 1.29 is 27.8 Å². The van der Waals surface area contributed by atoms with Crippen molar-refractivity contribution in [2.45, 2.75) is 13.8 Å². The maximum Gasteiger partial charge on any atom is 0.338 e. The summed E-state index contributed by atoms with van der Waals surface area (Å²) in [5.74, 6) is -2.58. The van der Waals surface area contributed by atoms with Crippen molar-refractivity contribution >= 4 is 36.2 Å². The predicted octanol–water partition coefficient (Wildman–Crippen LogP) is 7.27. The molecule has 0 atom stereocenters. The Kier molecular flexibility index (Phi) is 8.47. The molecular weight excluding hydrogens is 462 g/mol. The van der Waals surface area contributed by atoms with E-state index >= 15 is 0 Å². The van der Waals surface area contributed by atoms with Gasteiger partial charge in [0.2, 0.25) is 0 Å². The summed E-state index contributed by atoms with van der Waals surface area (Å²) in [6.45, 7) is 10.2. The molecule has 0 radical (unpaired) electrons. The van der Waals surface area contributed by atoms with Crippen molar-refractivity contribution in [3.8, 4) is 11.5 Å². The quantitative estimate of drug-likeness (QED) is 0.145. The van der Waals surface area contributed by atoms with Crippen molar-refractivity contribution in [2.75, 3.05) is 0 Å². The molecule has 0 bridgehead atoms. The Morgan fingerprint density at radius 2 is 1.25 bits per heavy atom. The third-order valence-electron chi connectivity index (χ3n) is 4.93. The lowest BCUT2D eigenvalue weighted by Crippen LogP contribution is -2.08. The predicted molar refractivity (Wildman–Crippen MR) is 138 cm³/mol. The first-order valence-electron chi connectivity index (χ1n) is 10.9. The van der Waals surface area contributed by atoms with E-state index in [4.69, 9.17) is 9.47 Å². The SMILES string of the molecule is C=C(C)C(=O)Oc1cccc(/C=C/c2ccc(/C=C/c3ccccc3OC(=O)C(=C)C)c(F)c2F)c1. The van der Waals surface area contributed by atoms with E-state index in [1.165, 1.54) is 37.3 Å². The normalized spacial score (nSPS) is 11.0. The second-order valence-corrected chi connectivity index (χ2v) is 7.99. The van der Waals surface area contributed by atoms with E-state index in [0.717, 1.165) is 0 Å². The highest BCUT2D eigenvalue weighted by molar-refractivity contribution is 5.90. The molecule has 3 aromatic rings. The average molecular weight is 487 g/mol. The fourth-order valence-electron chi connectivity index (χ4n) is 2.98. The van der Waals surface area contributed by atoms with E-state index < -0.39 is 23.6 Å². The Bertz CT molecular complexity index is 1400. The van der Waals surface area contributed by atoms with Crippen molar-refractivity contribution in [1.29, 1.82) is 0 Å². The van der Waals surface area contributed by atoms with E-state index in [1.54, 1.807) is 61.5 Å². The van der Waals surface area contributed by atoms with Crippen LogP contribution in [0, 0.1) is 11.6 Å². The van der Waals surface area contributed by atoms with Gasteiger partial charge in [-0.25, -0.2) is 18.4 Å². The molecule has 0 saturated heterocycles. The first kappa shape index (κ1) is 26.0. The molecule has 0 saturated carbocycles. The summed E-state index contributed by atoms with van der Waals surface area (Å²) in [5, 5.41) is 0. The molecule has 182 valence electrons. The van der Waals surface area contributed by atoms with Crippen LogP contribution in [-0.4, -0.2) is 11.9 Å². The van der Waals surface area contributed by atoms with E-state index in [-0.39, 0.29) is 28.0 Å². The van der Waals surface area contributed by atoms with Gasteiger partial charge in [-0.2, -0.15) is 0 Å². The number of benzene rings is 3. The maximum atomic E-state index is 14.8. The van der Waals surface area contributed by atoms with E-state index in [2.05, 4.69) is 13.2 Å². The smallest absolute Gasteiger partial charge is 0.338 e. The summed E-state index contributed by atoms with van der Waals surface area (Å²) < 4.78 is 40.0. The van der Waals surface area contributed by atoms with Gasteiger partial charge in [0.15, 0.2) is 11.6 Å². The van der Waals surface area contributed by atoms with Crippen LogP contribution in [0.5, 0.6) is 11.5 Å². The van der Waals surface area contributed by atoms with Gasteiger partial charge in [-0.1, -0.05) is 79.9 Å². The molecule has 0 heterocycles. The fourth-order valence-corrected chi connectivity index (χ4v) is 2.98. The summed E-state index contributed by atoms with van der Waals surface area (Å²) in [6, 6.07) is 16.2. The largest absolute Gasteiger partial charge is 0.423 e. The summed E-state index contributed by atoms with van der Waals surface area (Å²) in [7, 11) is 0. The standard InChI is InChI=1S/C30H24F2O4/c1-19(2)29(33)35-25-10-7-8-21(18-25)12-13-23-16-17-24(28(32)27(23)31)15-14-22-9-5-6-11-26(22)36-30(34)20(3)4/h5-18H,1,3H2,2,4H3/b13-12+,15-14+. The zero-order valence-corrected chi connectivity index (χ0v) is 19.9. The van der Waals surface area contributed by atoms with Gasteiger partial charge in [-0.3, -0.25) is 0 Å². The van der Waals surface area contributed by atoms with Gasteiger partial charge in [-0.05, 0) is 37.6 Å². The molecule has 0 aliphatic carbocycles. The number of halogens is 2. The van der Waals surface area contributed by atoms with Crippen LogP contribution in [0.1, 0.15) is 36.1 Å². The third-order valence-corrected chi connectivity index (χ3v) is 4.93. The van der Waals surface area contributed by atoms with Gasteiger partial charge in [0.25, 0.3) is 0 Å². The molecule has 6 heteroatoms. The molecule has 0 spiro atoms. The first-order valence-corrected chi connectivity index (χ1v) is 10.9. The second-order valence-electron chi connectivity index (χ2n) is 7.99. The van der Waals surface area contributed by atoms with Crippen LogP contribution in [0.15, 0.2) is 85.0 Å². The number of para-hydroxylation sites is 1. The van der Waals surface area contributed by atoms with Gasteiger partial charge in [0.05, 0.1) is 0 Å². The Labute approximate surface area is 208 Å². The number of carbonyl (C=O) groups is 2. The van der Waals surface area contributed by atoms with Gasteiger partial charge < -0.3 is 9.47 Å². The van der Waals surface area contributed by atoms with Crippen LogP contribution < -0.4 is 9.47 Å². The van der Waals surface area contributed by atoms with Gasteiger partial charge in [0.1, 0.15) is 11.5 Å².